The number of aryl methyl sites for hydroxylation is 1. The number of thiazole rings is 1. The van der Waals surface area contributed by atoms with Crippen LogP contribution in [0.15, 0.2) is 63.1 Å². The number of amides is 1. The van der Waals surface area contributed by atoms with Gasteiger partial charge in [0.05, 0.1) is 11.4 Å². The summed E-state index contributed by atoms with van der Waals surface area (Å²) in [6, 6.07) is 12.9. The normalized spacial score (nSPS) is 10.8. The van der Waals surface area contributed by atoms with Gasteiger partial charge in [-0.15, -0.1) is 16.4 Å². The maximum atomic E-state index is 13.1. The molecule has 1 amide bonds. The van der Waals surface area contributed by atoms with Gasteiger partial charge in [0.25, 0.3) is 0 Å². The molecule has 2 heterocycles. The van der Waals surface area contributed by atoms with E-state index in [-0.39, 0.29) is 18.4 Å². The molecule has 0 atom stereocenters. The molecule has 0 fully saturated rings. The van der Waals surface area contributed by atoms with Crippen LogP contribution in [0.3, 0.4) is 0 Å². The minimum absolute atomic E-state index is 0.0387. The van der Waals surface area contributed by atoms with Gasteiger partial charge in [-0.3, -0.25) is 14.5 Å². The van der Waals surface area contributed by atoms with Crippen LogP contribution in [0.1, 0.15) is 25.1 Å². The number of aromatic nitrogens is 3. The molecule has 0 saturated carbocycles. The predicted octanol–water partition coefficient (Wildman–Crippen LogP) is 4.09. The van der Waals surface area contributed by atoms with E-state index in [1.807, 2.05) is 24.3 Å². The molecule has 0 saturated heterocycles. The second kappa shape index (κ2) is 10.4. The van der Waals surface area contributed by atoms with Gasteiger partial charge in [0.2, 0.25) is 11.8 Å². The van der Waals surface area contributed by atoms with Gasteiger partial charge in [0.1, 0.15) is 19.0 Å². The van der Waals surface area contributed by atoms with Gasteiger partial charge >= 0.3 is 11.7 Å². The van der Waals surface area contributed by atoms with Gasteiger partial charge in [-0.25, -0.2) is 14.2 Å². The van der Waals surface area contributed by atoms with Crippen LogP contribution in [0, 0.1) is 5.82 Å². The van der Waals surface area contributed by atoms with Gasteiger partial charge in [-0.2, -0.15) is 4.68 Å². The highest BCUT2D eigenvalue weighted by atomic mass is 32.1. The van der Waals surface area contributed by atoms with Gasteiger partial charge < -0.3 is 9.15 Å². The lowest BCUT2D eigenvalue weighted by atomic mass is 10.1. The van der Waals surface area contributed by atoms with Crippen LogP contribution in [0.25, 0.3) is 11.5 Å². The highest BCUT2D eigenvalue weighted by Gasteiger charge is 2.19. The zero-order valence-electron chi connectivity index (χ0n) is 18.9. The van der Waals surface area contributed by atoms with E-state index in [1.54, 1.807) is 5.38 Å². The Morgan fingerprint density at radius 3 is 2.51 bits per heavy atom. The van der Waals surface area contributed by atoms with Crippen LogP contribution in [0.2, 0.25) is 0 Å². The molecule has 0 spiro atoms. The van der Waals surface area contributed by atoms with Crippen molar-refractivity contribution in [3.63, 3.8) is 0 Å². The molecule has 4 aromatic rings. The summed E-state index contributed by atoms with van der Waals surface area (Å²) in [5.74, 6) is -2.24. The molecule has 9 nitrogen and oxygen atoms in total. The molecule has 2 aromatic carbocycles. The number of anilines is 2. The fraction of sp³-hybridized carbons (Fsp3) is 0.208. The average Bonchev–Trinajstić information content (AvgIpc) is 3.45. The lowest BCUT2D eigenvalue weighted by Crippen LogP contribution is -2.23. The van der Waals surface area contributed by atoms with Crippen LogP contribution in [-0.2, 0) is 33.9 Å². The van der Waals surface area contributed by atoms with Crippen LogP contribution >= 0.6 is 11.3 Å². The Morgan fingerprint density at radius 1 is 1.14 bits per heavy atom. The van der Waals surface area contributed by atoms with Crippen molar-refractivity contribution < 1.29 is 23.1 Å². The summed E-state index contributed by atoms with van der Waals surface area (Å²) >= 11 is 1.24. The fourth-order valence-corrected chi connectivity index (χ4v) is 4.08. The Bertz CT molecular complexity index is 1390. The number of nitrogens with zero attached hydrogens (tertiary/aromatic N) is 4. The number of hydrogen-bond donors (Lipinski definition) is 0. The first kappa shape index (κ1) is 24.0. The van der Waals surface area contributed by atoms with Crippen molar-refractivity contribution in [2.75, 3.05) is 4.90 Å². The third-order valence-electron chi connectivity index (χ3n) is 5.01. The van der Waals surface area contributed by atoms with Crippen LogP contribution in [0.5, 0.6) is 0 Å². The maximum absolute atomic E-state index is 13.1. The molecule has 0 unspecified atom stereocenters. The van der Waals surface area contributed by atoms with Crippen LogP contribution < -0.4 is 10.7 Å². The van der Waals surface area contributed by atoms with E-state index in [0.29, 0.717) is 22.1 Å². The van der Waals surface area contributed by atoms with Gasteiger partial charge in [0.15, 0.2) is 5.13 Å². The van der Waals surface area contributed by atoms with E-state index in [1.165, 1.54) is 47.4 Å². The van der Waals surface area contributed by atoms with Crippen molar-refractivity contribution in [3.8, 4) is 11.5 Å². The first-order chi connectivity index (χ1) is 16.8. The lowest BCUT2D eigenvalue weighted by molar-refractivity contribution is -0.146. The number of rotatable bonds is 8. The molecule has 0 aliphatic carbocycles. The van der Waals surface area contributed by atoms with E-state index in [4.69, 9.17) is 9.15 Å². The number of hydrogen-bond acceptors (Lipinski definition) is 8. The Kier molecular flexibility index (Phi) is 7.16. The second-order valence-electron chi connectivity index (χ2n) is 7.49. The van der Waals surface area contributed by atoms with Crippen LogP contribution in [-0.4, -0.2) is 26.6 Å². The molecule has 0 aliphatic rings. The van der Waals surface area contributed by atoms with E-state index >= 15 is 0 Å². The topological polar surface area (TPSA) is 108 Å². The highest BCUT2D eigenvalue weighted by molar-refractivity contribution is 7.14. The molecule has 0 bridgehead atoms. The van der Waals surface area contributed by atoms with E-state index in [2.05, 4.69) is 17.0 Å². The summed E-state index contributed by atoms with van der Waals surface area (Å²) in [4.78, 5) is 42.4. The Hall–Kier alpha value is -4.12. The molecule has 4 rings (SSSR count). The number of carbonyl (C=O) groups is 2. The summed E-state index contributed by atoms with van der Waals surface area (Å²) in [7, 11) is 0. The monoisotopic (exact) mass is 496 g/mol. The summed E-state index contributed by atoms with van der Waals surface area (Å²) in [6.07, 6.45) is 0.890. The number of halogens is 1. The van der Waals surface area contributed by atoms with Crippen molar-refractivity contribution in [1.82, 2.24) is 14.8 Å². The van der Waals surface area contributed by atoms with Gasteiger partial charge in [-0.1, -0.05) is 19.1 Å². The summed E-state index contributed by atoms with van der Waals surface area (Å²) in [5, 5.41) is 6.09. The Labute approximate surface area is 203 Å². The first-order valence-electron chi connectivity index (χ1n) is 10.7. The number of carbonyl (C=O) groups excluding carboxylic acids is 2. The molecular formula is C24H21FN4O5S. The number of benzene rings is 2. The minimum Gasteiger partial charge on any atom is -0.458 e. The fourth-order valence-electron chi connectivity index (χ4n) is 3.21. The quantitative estimate of drug-likeness (QED) is 0.338. The van der Waals surface area contributed by atoms with Gasteiger partial charge in [0, 0.05) is 17.9 Å². The largest absolute Gasteiger partial charge is 0.458 e. The van der Waals surface area contributed by atoms with Crippen molar-refractivity contribution in [2.45, 2.75) is 33.4 Å². The number of esters is 1. The zero-order chi connectivity index (χ0) is 24.9. The van der Waals surface area contributed by atoms with E-state index in [9.17, 15) is 18.8 Å². The third kappa shape index (κ3) is 5.69. The first-order valence-corrected chi connectivity index (χ1v) is 11.6. The maximum Gasteiger partial charge on any atom is 0.437 e. The molecule has 2 aromatic heterocycles. The Morgan fingerprint density at radius 2 is 1.86 bits per heavy atom. The predicted molar refractivity (Wildman–Crippen MR) is 127 cm³/mol. The second-order valence-corrected chi connectivity index (χ2v) is 8.33. The molecule has 35 heavy (non-hydrogen) atoms. The third-order valence-corrected chi connectivity index (χ3v) is 5.88. The van der Waals surface area contributed by atoms with Crippen molar-refractivity contribution >= 4 is 34.0 Å². The molecule has 0 radical (unpaired) electrons. The summed E-state index contributed by atoms with van der Waals surface area (Å²) in [6.45, 7) is 2.89. The minimum atomic E-state index is -0.844. The molecule has 11 heteroatoms. The molecule has 0 aliphatic heterocycles. The smallest absolute Gasteiger partial charge is 0.437 e. The average molecular weight is 497 g/mol. The van der Waals surface area contributed by atoms with Crippen LogP contribution in [0.4, 0.5) is 15.2 Å². The summed E-state index contributed by atoms with van der Waals surface area (Å²) < 4.78 is 24.2. The molecular weight excluding hydrogens is 475 g/mol. The zero-order valence-corrected chi connectivity index (χ0v) is 19.8. The lowest BCUT2D eigenvalue weighted by Gasteiger charge is -2.18. The van der Waals surface area contributed by atoms with Crippen molar-refractivity contribution in [2.24, 2.45) is 0 Å². The standard InChI is InChI=1S/C24H21FN4O5S/c1-3-16-4-10-20(11-5-16)29(15(2)30)23-26-19(14-35-23)13-33-21(31)12-28-24(32)34-22(27-28)17-6-8-18(25)9-7-17/h4-11,14H,3,12-13H2,1-2H3. The van der Waals surface area contributed by atoms with E-state index in [0.717, 1.165) is 16.7 Å². The SMILES string of the molecule is CCc1ccc(N(C(C)=O)c2nc(COC(=O)Cn3nc(-c4ccc(F)cc4)oc3=O)cs2)cc1. The van der Waals surface area contributed by atoms with Crippen molar-refractivity contribution in [1.29, 1.82) is 0 Å². The molecule has 180 valence electrons. The molecule has 0 N–H and O–H groups in total. The summed E-state index contributed by atoms with van der Waals surface area (Å²) in [5.41, 5.74) is 2.69. The highest BCUT2D eigenvalue weighted by Crippen LogP contribution is 2.29. The van der Waals surface area contributed by atoms with Gasteiger partial charge in [-0.05, 0) is 48.4 Å². The van der Waals surface area contributed by atoms with Crippen molar-refractivity contribution in [3.05, 3.63) is 81.5 Å². The van der Waals surface area contributed by atoms with E-state index < -0.39 is 24.1 Å². The Balaban J connectivity index is 1.39. The number of ether oxygens (including phenoxy) is 1.